The molecule has 2 aromatic rings. The number of thioether (sulfide) groups is 1. The van der Waals surface area contributed by atoms with Gasteiger partial charge in [-0.2, -0.15) is 0 Å². The molecule has 0 aliphatic rings. The summed E-state index contributed by atoms with van der Waals surface area (Å²) in [7, 11) is 1.54. The van der Waals surface area contributed by atoms with Gasteiger partial charge in [-0.15, -0.1) is 11.8 Å². The monoisotopic (exact) mass is 385 g/mol. The van der Waals surface area contributed by atoms with Crippen LogP contribution in [0.2, 0.25) is 0 Å². The number of benzene rings is 2. The molecule has 0 spiro atoms. The van der Waals surface area contributed by atoms with Gasteiger partial charge < -0.3 is 21.7 Å². The molecular weight excluding hydrogens is 365 g/mol. The maximum absolute atomic E-state index is 11.4. The summed E-state index contributed by atoms with van der Waals surface area (Å²) >= 11 is 1.17. The molecule has 0 fully saturated rings. The molecule has 2 atom stereocenters. The van der Waals surface area contributed by atoms with Gasteiger partial charge in [0.15, 0.2) is 6.10 Å². The Morgan fingerprint density at radius 1 is 1.15 bits per heavy atom. The molecule has 1 amide bonds. The van der Waals surface area contributed by atoms with Crippen LogP contribution in [0.25, 0.3) is 0 Å². The van der Waals surface area contributed by atoms with E-state index in [-0.39, 0.29) is 36.9 Å². The summed E-state index contributed by atoms with van der Waals surface area (Å²) in [5.41, 5.74) is 1.20. The number of hydrogen-bond donors (Lipinski definition) is 3. The largest absolute Gasteiger partial charge is 1.00 e. The molecule has 0 heterocycles. The Hall–Kier alpha value is -1.51. The smallest absolute Gasteiger partial charge is 1.00 e. The summed E-state index contributed by atoms with van der Waals surface area (Å²) in [4.78, 5) is 23.4. The van der Waals surface area contributed by atoms with Crippen LogP contribution in [0.15, 0.2) is 53.4 Å². The maximum atomic E-state index is 11.4. The number of carboxylic acids is 1. The predicted octanol–water partition coefficient (Wildman–Crippen LogP) is 0.0490. The average molecular weight is 385 g/mol. The second-order valence-electron chi connectivity index (χ2n) is 5.27. The number of aliphatic hydroxyl groups is 1. The quantitative estimate of drug-likeness (QED) is 0.460. The zero-order valence-electron chi connectivity index (χ0n) is 15.8. The van der Waals surface area contributed by atoms with E-state index in [4.69, 9.17) is 4.74 Å². The SMILES string of the molecule is COc1ccc([C@H](Sc2ccccc2NC(C)=O)[C@@H](O)C(=O)O)cc1.[H-].[Na+]. The maximum Gasteiger partial charge on any atom is 1.00 e. The van der Waals surface area contributed by atoms with E-state index in [0.717, 1.165) is 0 Å². The standard InChI is InChI=1S/C18H19NO5S.Na.H/c1-11(20)19-14-5-3-4-6-15(14)25-17(16(21)18(22)23)12-7-9-13(24-2)10-8-12;;/h3-10,16-17,21H,1-2H3,(H,19,20)(H,22,23);;/q;+1;-1/t16-,17+;;/m1../s1. The number of aliphatic carboxylic acids is 1. The Kier molecular flexibility index (Phi) is 9.18. The Morgan fingerprint density at radius 2 is 1.77 bits per heavy atom. The van der Waals surface area contributed by atoms with Gasteiger partial charge in [0.25, 0.3) is 0 Å². The number of aliphatic hydroxyl groups excluding tert-OH is 1. The van der Waals surface area contributed by atoms with Crippen molar-refractivity contribution >= 4 is 29.3 Å². The van der Waals surface area contributed by atoms with Gasteiger partial charge in [-0.1, -0.05) is 24.3 Å². The third kappa shape index (κ3) is 6.03. The number of anilines is 1. The summed E-state index contributed by atoms with van der Waals surface area (Å²) < 4.78 is 5.10. The number of rotatable bonds is 7. The fourth-order valence-corrected chi connectivity index (χ4v) is 3.45. The molecule has 2 rings (SSSR count). The van der Waals surface area contributed by atoms with Gasteiger partial charge in [-0.25, -0.2) is 4.79 Å². The van der Waals surface area contributed by atoms with Crippen molar-refractivity contribution in [2.24, 2.45) is 0 Å². The van der Waals surface area contributed by atoms with Crippen molar-refractivity contribution in [1.82, 2.24) is 0 Å². The molecule has 0 bridgehead atoms. The van der Waals surface area contributed by atoms with E-state index in [9.17, 15) is 19.8 Å². The Labute approximate surface area is 179 Å². The first-order valence-corrected chi connectivity index (χ1v) is 8.38. The number of carboxylic acid groups (broad SMARTS) is 1. The van der Waals surface area contributed by atoms with Gasteiger partial charge in [0.2, 0.25) is 5.91 Å². The van der Waals surface area contributed by atoms with Crippen molar-refractivity contribution in [3.8, 4) is 5.75 Å². The predicted molar refractivity (Wildman–Crippen MR) is 97.1 cm³/mol. The van der Waals surface area contributed by atoms with Crippen molar-refractivity contribution in [3.05, 3.63) is 54.1 Å². The summed E-state index contributed by atoms with van der Waals surface area (Å²) in [5.74, 6) is -0.908. The number of carbonyl (C=O) groups excluding carboxylic acids is 1. The van der Waals surface area contributed by atoms with E-state index in [1.165, 1.54) is 25.8 Å². The van der Waals surface area contributed by atoms with Gasteiger partial charge in [0.1, 0.15) is 5.75 Å². The van der Waals surface area contributed by atoms with Gasteiger partial charge in [0.05, 0.1) is 18.0 Å². The number of nitrogens with one attached hydrogen (secondary N) is 1. The Balaban J connectivity index is 0.00000338. The molecule has 0 saturated carbocycles. The number of hydrogen-bond acceptors (Lipinski definition) is 5. The minimum Gasteiger partial charge on any atom is -1.00 e. The van der Waals surface area contributed by atoms with Crippen LogP contribution < -0.4 is 39.6 Å². The Bertz CT molecular complexity index is 760. The van der Waals surface area contributed by atoms with Crippen molar-refractivity contribution < 1.29 is 55.5 Å². The molecule has 2 aromatic carbocycles. The first-order chi connectivity index (χ1) is 11.9. The molecule has 0 radical (unpaired) electrons. The molecule has 8 heteroatoms. The van der Waals surface area contributed by atoms with Crippen LogP contribution in [0.1, 0.15) is 19.2 Å². The third-order valence-electron chi connectivity index (χ3n) is 3.44. The van der Waals surface area contributed by atoms with Gasteiger partial charge in [-0.05, 0) is 29.8 Å². The van der Waals surface area contributed by atoms with Crippen molar-refractivity contribution in [2.75, 3.05) is 12.4 Å². The molecule has 0 aliphatic carbocycles. The first-order valence-electron chi connectivity index (χ1n) is 7.50. The zero-order chi connectivity index (χ0) is 18.4. The second kappa shape index (κ2) is 10.6. The topological polar surface area (TPSA) is 95.9 Å². The van der Waals surface area contributed by atoms with E-state index in [1.54, 1.807) is 48.5 Å². The summed E-state index contributed by atoms with van der Waals surface area (Å²) in [6, 6.07) is 13.9. The van der Waals surface area contributed by atoms with Crippen LogP contribution in [0.4, 0.5) is 5.69 Å². The second-order valence-corrected chi connectivity index (χ2v) is 6.46. The third-order valence-corrected chi connectivity index (χ3v) is 4.83. The zero-order valence-corrected chi connectivity index (χ0v) is 17.6. The minimum absolute atomic E-state index is 0. The number of ether oxygens (including phenoxy) is 1. The fourth-order valence-electron chi connectivity index (χ4n) is 2.24. The first kappa shape index (κ1) is 22.5. The molecule has 0 saturated heterocycles. The van der Waals surface area contributed by atoms with E-state index in [0.29, 0.717) is 21.9 Å². The van der Waals surface area contributed by atoms with Crippen LogP contribution in [0.5, 0.6) is 5.75 Å². The van der Waals surface area contributed by atoms with E-state index in [1.807, 2.05) is 0 Å². The van der Waals surface area contributed by atoms with Crippen LogP contribution in [0, 0.1) is 0 Å². The normalized spacial score (nSPS) is 12.4. The summed E-state index contributed by atoms with van der Waals surface area (Å²) in [6.07, 6.45) is -1.61. The van der Waals surface area contributed by atoms with Gasteiger partial charge >= 0.3 is 35.5 Å². The molecule has 6 nitrogen and oxygen atoms in total. The number of amides is 1. The number of methoxy groups -OCH3 is 1. The summed E-state index contributed by atoms with van der Waals surface area (Å²) in [6.45, 7) is 1.40. The molecule has 0 aliphatic heterocycles. The summed E-state index contributed by atoms with van der Waals surface area (Å²) in [5, 5.41) is 21.4. The van der Waals surface area contributed by atoms with E-state index >= 15 is 0 Å². The van der Waals surface area contributed by atoms with E-state index in [2.05, 4.69) is 5.32 Å². The average Bonchev–Trinajstić information content (AvgIpc) is 2.60. The van der Waals surface area contributed by atoms with Crippen LogP contribution >= 0.6 is 11.8 Å². The van der Waals surface area contributed by atoms with Crippen LogP contribution in [-0.4, -0.2) is 35.3 Å². The molecule has 3 N–H and O–H groups in total. The minimum atomic E-state index is -1.61. The van der Waals surface area contributed by atoms with Crippen LogP contribution in [-0.2, 0) is 9.59 Å². The molecular formula is C18H20NNaO5S. The van der Waals surface area contributed by atoms with Crippen molar-refractivity contribution in [1.29, 1.82) is 0 Å². The van der Waals surface area contributed by atoms with Gasteiger partial charge in [-0.3, -0.25) is 4.79 Å². The number of carbonyl (C=O) groups is 2. The van der Waals surface area contributed by atoms with Gasteiger partial charge in [0, 0.05) is 11.8 Å². The molecule has 134 valence electrons. The molecule has 0 aromatic heterocycles. The number of para-hydroxylation sites is 1. The van der Waals surface area contributed by atoms with Crippen molar-refractivity contribution in [2.45, 2.75) is 23.2 Å². The molecule has 0 unspecified atom stereocenters. The van der Waals surface area contributed by atoms with E-state index < -0.39 is 17.3 Å². The van der Waals surface area contributed by atoms with Crippen LogP contribution in [0.3, 0.4) is 0 Å². The Morgan fingerprint density at radius 3 is 2.31 bits per heavy atom. The molecule has 26 heavy (non-hydrogen) atoms. The fraction of sp³-hybridized carbons (Fsp3) is 0.222. The van der Waals surface area contributed by atoms with Crippen molar-refractivity contribution in [3.63, 3.8) is 0 Å².